The molecule has 0 aromatic heterocycles. The maximum absolute atomic E-state index is 14.1. The molecule has 1 aromatic carbocycles. The number of amides is 1. The Balaban J connectivity index is 2.13. The molecule has 11 heteroatoms. The lowest BCUT2D eigenvalue weighted by atomic mass is 10.1. The summed E-state index contributed by atoms with van der Waals surface area (Å²) in [6.45, 7) is 8.46. The average molecular weight is 544 g/mol. The highest BCUT2D eigenvalue weighted by molar-refractivity contribution is 6.60. The van der Waals surface area contributed by atoms with Crippen LogP contribution in [0.15, 0.2) is 30.4 Å². The maximum atomic E-state index is 14.1. The Labute approximate surface area is 220 Å². The van der Waals surface area contributed by atoms with Gasteiger partial charge in [-0.15, -0.1) is 0 Å². The van der Waals surface area contributed by atoms with E-state index in [-0.39, 0.29) is 5.75 Å². The van der Waals surface area contributed by atoms with Crippen molar-refractivity contribution in [2.75, 3.05) is 39.6 Å². The van der Waals surface area contributed by atoms with Crippen LogP contribution in [0.2, 0.25) is 6.04 Å². The Morgan fingerprint density at radius 3 is 2.22 bits per heavy atom. The van der Waals surface area contributed by atoms with Gasteiger partial charge in [-0.1, -0.05) is 12.1 Å². The zero-order valence-electron chi connectivity index (χ0n) is 22.3. The molecule has 0 bridgehead atoms. The SMILES string of the molecule is CCO[Si](CCCNC(=O)OCCCCCCOc1ccc(CC=CC(=O)O)cc1F)(OCC)OCC. The van der Waals surface area contributed by atoms with Gasteiger partial charge in [0.15, 0.2) is 11.6 Å². The lowest BCUT2D eigenvalue weighted by Crippen LogP contribution is -2.46. The third-order valence-electron chi connectivity index (χ3n) is 5.16. The van der Waals surface area contributed by atoms with Gasteiger partial charge in [-0.2, -0.15) is 0 Å². The molecule has 0 aliphatic rings. The van der Waals surface area contributed by atoms with Gasteiger partial charge in [0.25, 0.3) is 0 Å². The Morgan fingerprint density at radius 1 is 0.973 bits per heavy atom. The number of carbonyl (C=O) groups is 2. The van der Waals surface area contributed by atoms with Crippen LogP contribution in [0.25, 0.3) is 0 Å². The van der Waals surface area contributed by atoms with Crippen LogP contribution < -0.4 is 10.1 Å². The average Bonchev–Trinajstić information content (AvgIpc) is 2.85. The molecule has 0 aliphatic carbocycles. The minimum atomic E-state index is -2.69. The van der Waals surface area contributed by atoms with Crippen molar-refractivity contribution in [1.82, 2.24) is 5.32 Å². The van der Waals surface area contributed by atoms with Crippen molar-refractivity contribution < 1.29 is 41.8 Å². The summed E-state index contributed by atoms with van der Waals surface area (Å²) >= 11 is 0. The number of aliphatic carboxylic acids is 1. The van der Waals surface area contributed by atoms with E-state index in [1.807, 2.05) is 20.8 Å². The van der Waals surface area contributed by atoms with Gasteiger partial charge in [0, 0.05) is 38.5 Å². The molecule has 0 spiro atoms. The van der Waals surface area contributed by atoms with Crippen molar-refractivity contribution in [2.45, 2.75) is 65.3 Å². The third-order valence-corrected chi connectivity index (χ3v) is 8.31. The molecule has 2 N–H and O–H groups in total. The van der Waals surface area contributed by atoms with Crippen LogP contribution in [0.3, 0.4) is 0 Å². The predicted octanol–water partition coefficient (Wildman–Crippen LogP) is 5.11. The summed E-state index contributed by atoms with van der Waals surface area (Å²) in [5, 5.41) is 11.3. The summed E-state index contributed by atoms with van der Waals surface area (Å²) in [4.78, 5) is 22.4. The van der Waals surface area contributed by atoms with E-state index in [9.17, 15) is 14.0 Å². The Bertz CT molecular complexity index is 807. The van der Waals surface area contributed by atoms with Crippen molar-refractivity contribution in [3.63, 3.8) is 0 Å². The van der Waals surface area contributed by atoms with Crippen LogP contribution in [0.4, 0.5) is 9.18 Å². The highest BCUT2D eigenvalue weighted by atomic mass is 28.4. The van der Waals surface area contributed by atoms with Crippen LogP contribution >= 0.6 is 0 Å². The number of carboxylic acid groups (broad SMARTS) is 1. The van der Waals surface area contributed by atoms with E-state index in [0.717, 1.165) is 31.8 Å². The highest BCUT2D eigenvalue weighted by Gasteiger charge is 2.39. The van der Waals surface area contributed by atoms with Gasteiger partial charge in [0.1, 0.15) is 0 Å². The van der Waals surface area contributed by atoms with Gasteiger partial charge >= 0.3 is 20.9 Å². The smallest absolute Gasteiger partial charge is 0.491 e. The summed E-state index contributed by atoms with van der Waals surface area (Å²) in [6.07, 6.45) is 6.26. The summed E-state index contributed by atoms with van der Waals surface area (Å²) in [5.41, 5.74) is 0.669. The number of alkyl carbamates (subject to hydrolysis) is 1. The summed E-state index contributed by atoms with van der Waals surface area (Å²) in [6, 6.07) is 5.24. The molecule has 0 saturated carbocycles. The number of nitrogens with one attached hydrogen (secondary N) is 1. The fourth-order valence-corrected chi connectivity index (χ4v) is 6.15. The first kappa shape index (κ1) is 32.6. The van der Waals surface area contributed by atoms with Crippen LogP contribution in [-0.4, -0.2) is 65.6 Å². The lowest BCUT2D eigenvalue weighted by Gasteiger charge is -2.28. The molecule has 210 valence electrons. The van der Waals surface area contributed by atoms with Crippen LogP contribution in [0.5, 0.6) is 5.75 Å². The number of unbranched alkanes of at least 4 members (excludes halogenated alkanes) is 3. The molecular weight excluding hydrogens is 501 g/mol. The molecular formula is C26H42FNO8Si. The molecule has 0 fully saturated rings. The number of allylic oxidation sites excluding steroid dienone is 1. The number of benzene rings is 1. The zero-order chi connectivity index (χ0) is 27.4. The topological polar surface area (TPSA) is 113 Å². The minimum Gasteiger partial charge on any atom is -0.491 e. The summed E-state index contributed by atoms with van der Waals surface area (Å²) in [7, 11) is -2.69. The van der Waals surface area contributed by atoms with Crippen molar-refractivity contribution >= 4 is 20.9 Å². The van der Waals surface area contributed by atoms with E-state index >= 15 is 0 Å². The molecule has 0 atom stereocenters. The number of hydrogen-bond acceptors (Lipinski definition) is 7. The second-order valence-electron chi connectivity index (χ2n) is 8.12. The first-order valence-corrected chi connectivity index (χ1v) is 14.9. The van der Waals surface area contributed by atoms with E-state index in [4.69, 9.17) is 27.9 Å². The van der Waals surface area contributed by atoms with E-state index in [2.05, 4.69) is 5.32 Å². The molecule has 0 saturated heterocycles. The molecule has 37 heavy (non-hydrogen) atoms. The molecule has 1 aromatic rings. The number of halogens is 1. The number of rotatable bonds is 21. The third kappa shape index (κ3) is 14.8. The second kappa shape index (κ2) is 19.6. The van der Waals surface area contributed by atoms with Gasteiger partial charge in [0.2, 0.25) is 0 Å². The van der Waals surface area contributed by atoms with Crippen molar-refractivity contribution in [3.8, 4) is 5.75 Å². The van der Waals surface area contributed by atoms with Gasteiger partial charge in [-0.25, -0.2) is 14.0 Å². The molecule has 0 radical (unpaired) electrons. The van der Waals surface area contributed by atoms with Crippen molar-refractivity contribution in [1.29, 1.82) is 0 Å². The van der Waals surface area contributed by atoms with Gasteiger partial charge in [-0.05, 0) is 77.0 Å². The Morgan fingerprint density at radius 2 is 1.62 bits per heavy atom. The normalized spacial score (nSPS) is 11.6. The van der Waals surface area contributed by atoms with Gasteiger partial charge in [-0.3, -0.25) is 0 Å². The number of hydrogen-bond donors (Lipinski definition) is 2. The Hall–Kier alpha value is -2.47. The Kier molecular flexibility index (Phi) is 17.3. The number of ether oxygens (including phenoxy) is 2. The lowest BCUT2D eigenvalue weighted by molar-refractivity contribution is -0.131. The quantitative estimate of drug-likeness (QED) is 0.125. The monoisotopic (exact) mass is 543 g/mol. The fourth-order valence-electron chi connectivity index (χ4n) is 3.54. The predicted molar refractivity (Wildman–Crippen MR) is 140 cm³/mol. The minimum absolute atomic E-state index is 0.176. The van der Waals surface area contributed by atoms with Crippen molar-refractivity contribution in [2.24, 2.45) is 0 Å². The van der Waals surface area contributed by atoms with Crippen LogP contribution in [-0.2, 0) is 29.2 Å². The highest BCUT2D eigenvalue weighted by Crippen LogP contribution is 2.20. The first-order valence-electron chi connectivity index (χ1n) is 13.0. The molecule has 1 amide bonds. The van der Waals surface area contributed by atoms with Crippen LogP contribution in [0, 0.1) is 5.82 Å². The standard InChI is InChI=1S/C26H42FNO8Si/c1-4-34-37(35-5-2,36-6-3)20-12-17-28-26(31)33-19-10-8-7-9-18-32-24-16-15-22(21-23(24)27)13-11-14-25(29)30/h11,14-16,21H,4-10,12-13,17-20H2,1-3H3,(H,28,31)(H,29,30). The zero-order valence-corrected chi connectivity index (χ0v) is 23.3. The molecule has 9 nitrogen and oxygen atoms in total. The summed E-state index contributed by atoms with van der Waals surface area (Å²) < 4.78 is 42.2. The summed E-state index contributed by atoms with van der Waals surface area (Å²) in [5.74, 6) is -1.33. The molecule has 1 rings (SSSR count). The number of carbonyl (C=O) groups excluding carboxylic acids is 1. The van der Waals surface area contributed by atoms with E-state index in [0.29, 0.717) is 64.0 Å². The largest absolute Gasteiger partial charge is 0.500 e. The maximum Gasteiger partial charge on any atom is 0.500 e. The van der Waals surface area contributed by atoms with Gasteiger partial charge in [0.05, 0.1) is 13.2 Å². The number of carboxylic acids is 1. The second-order valence-corrected chi connectivity index (χ2v) is 10.9. The first-order chi connectivity index (χ1) is 17.9. The molecule has 0 heterocycles. The van der Waals surface area contributed by atoms with E-state index in [1.54, 1.807) is 12.1 Å². The van der Waals surface area contributed by atoms with E-state index in [1.165, 1.54) is 12.1 Å². The van der Waals surface area contributed by atoms with Crippen molar-refractivity contribution in [3.05, 3.63) is 41.7 Å². The van der Waals surface area contributed by atoms with Gasteiger partial charge < -0.3 is 33.2 Å². The molecule has 0 unspecified atom stereocenters. The molecule has 0 aliphatic heterocycles. The fraction of sp³-hybridized carbons (Fsp3) is 0.615. The van der Waals surface area contributed by atoms with Crippen LogP contribution in [0.1, 0.15) is 58.4 Å². The van der Waals surface area contributed by atoms with E-state index < -0.39 is 26.7 Å².